The lowest BCUT2D eigenvalue weighted by Gasteiger charge is -2.12. The van der Waals surface area contributed by atoms with Gasteiger partial charge < -0.3 is 15.4 Å². The third kappa shape index (κ3) is 3.51. The Morgan fingerprint density at radius 1 is 1.45 bits per heavy atom. The van der Waals surface area contributed by atoms with Crippen LogP contribution >= 0.6 is 11.6 Å². The van der Waals surface area contributed by atoms with E-state index < -0.39 is 0 Å². The number of benzene rings is 1. The minimum Gasteiger partial charge on any atom is -0.494 e. The number of ether oxygens (including phenoxy) is 1. The van der Waals surface area contributed by atoms with Gasteiger partial charge in [0.05, 0.1) is 18.5 Å². The van der Waals surface area contributed by atoms with Crippen LogP contribution < -0.4 is 15.4 Å². The lowest BCUT2D eigenvalue weighted by atomic mass is 10.2. The first-order valence-electron chi connectivity index (χ1n) is 6.80. The van der Waals surface area contributed by atoms with Crippen molar-refractivity contribution in [3.8, 4) is 5.75 Å². The minimum atomic E-state index is -0.142. The zero-order valence-electron chi connectivity index (χ0n) is 13.0. The van der Waals surface area contributed by atoms with Gasteiger partial charge in [-0.05, 0) is 19.1 Å². The van der Waals surface area contributed by atoms with Gasteiger partial charge in [-0.2, -0.15) is 5.10 Å². The quantitative estimate of drug-likeness (QED) is 0.888. The van der Waals surface area contributed by atoms with E-state index in [1.54, 1.807) is 17.9 Å². The number of nitrogens with one attached hydrogen (secondary N) is 2. The molecule has 0 aliphatic carbocycles. The predicted octanol–water partition coefficient (Wildman–Crippen LogP) is 2.96. The average molecular weight is 323 g/mol. The third-order valence-electron chi connectivity index (χ3n) is 3.25. The van der Waals surface area contributed by atoms with E-state index in [-0.39, 0.29) is 5.91 Å². The van der Waals surface area contributed by atoms with Crippen LogP contribution in [0.3, 0.4) is 0 Å². The number of hydrogen-bond acceptors (Lipinski definition) is 4. The van der Waals surface area contributed by atoms with Crippen molar-refractivity contribution >= 4 is 28.9 Å². The summed E-state index contributed by atoms with van der Waals surface area (Å²) >= 11 is 6.21. The Morgan fingerprint density at radius 2 is 2.18 bits per heavy atom. The van der Waals surface area contributed by atoms with Crippen LogP contribution in [0.4, 0.5) is 11.4 Å². The van der Waals surface area contributed by atoms with E-state index >= 15 is 0 Å². The van der Waals surface area contributed by atoms with Gasteiger partial charge >= 0.3 is 0 Å². The van der Waals surface area contributed by atoms with Crippen LogP contribution in [0, 0.1) is 6.92 Å². The molecule has 2 rings (SSSR count). The molecule has 0 aliphatic rings. The third-order valence-corrected chi connectivity index (χ3v) is 3.72. The van der Waals surface area contributed by atoms with Gasteiger partial charge in [0.1, 0.15) is 10.9 Å². The van der Waals surface area contributed by atoms with E-state index in [1.165, 1.54) is 6.92 Å². The van der Waals surface area contributed by atoms with Crippen molar-refractivity contribution in [2.75, 3.05) is 17.7 Å². The molecule has 0 spiro atoms. The lowest BCUT2D eigenvalue weighted by molar-refractivity contribution is -0.114. The van der Waals surface area contributed by atoms with E-state index in [2.05, 4.69) is 15.7 Å². The van der Waals surface area contributed by atoms with Gasteiger partial charge in [0.2, 0.25) is 5.91 Å². The molecule has 0 aliphatic heterocycles. The average Bonchev–Trinajstić information content (AvgIpc) is 2.71. The summed E-state index contributed by atoms with van der Waals surface area (Å²) in [5.41, 5.74) is 3.34. The van der Waals surface area contributed by atoms with Crippen molar-refractivity contribution < 1.29 is 9.53 Å². The summed E-state index contributed by atoms with van der Waals surface area (Å²) in [7, 11) is 3.37. The van der Waals surface area contributed by atoms with Crippen LogP contribution in [0.2, 0.25) is 5.15 Å². The zero-order chi connectivity index (χ0) is 16.3. The number of nitrogens with zero attached hydrogens (tertiary/aromatic N) is 2. The number of methoxy groups -OCH3 is 1. The van der Waals surface area contributed by atoms with Gasteiger partial charge in [0.15, 0.2) is 0 Å². The molecule has 0 radical (unpaired) electrons. The highest BCUT2D eigenvalue weighted by atomic mass is 35.5. The van der Waals surface area contributed by atoms with Crippen LogP contribution in [0.25, 0.3) is 0 Å². The van der Waals surface area contributed by atoms with Crippen LogP contribution in [0.1, 0.15) is 18.2 Å². The summed E-state index contributed by atoms with van der Waals surface area (Å²) in [5.74, 6) is 0.450. The summed E-state index contributed by atoms with van der Waals surface area (Å²) in [4.78, 5) is 11.1. The highest BCUT2D eigenvalue weighted by Gasteiger charge is 2.11. The van der Waals surface area contributed by atoms with Crippen molar-refractivity contribution in [1.29, 1.82) is 0 Å². The number of hydrogen-bond donors (Lipinski definition) is 2. The van der Waals surface area contributed by atoms with Crippen LogP contribution in [0.15, 0.2) is 18.2 Å². The molecule has 2 N–H and O–H groups in total. The minimum absolute atomic E-state index is 0.142. The predicted molar refractivity (Wildman–Crippen MR) is 87.6 cm³/mol. The van der Waals surface area contributed by atoms with Crippen LogP contribution in [-0.2, 0) is 18.4 Å². The number of carbonyl (C=O) groups excluding carboxylic acids is 1. The van der Waals surface area contributed by atoms with Crippen molar-refractivity contribution in [3.63, 3.8) is 0 Å². The number of rotatable bonds is 5. The molecule has 0 saturated heterocycles. The fraction of sp³-hybridized carbons (Fsp3) is 0.333. The smallest absolute Gasteiger partial charge is 0.221 e. The number of aryl methyl sites for hydroxylation is 2. The molecule has 118 valence electrons. The number of halogens is 1. The van der Waals surface area contributed by atoms with Gasteiger partial charge in [0.25, 0.3) is 0 Å². The molecule has 2 aromatic rings. The van der Waals surface area contributed by atoms with Crippen LogP contribution in [-0.4, -0.2) is 22.8 Å². The maximum absolute atomic E-state index is 11.1. The Hall–Kier alpha value is -2.21. The van der Waals surface area contributed by atoms with E-state index in [1.807, 2.05) is 26.1 Å². The van der Waals surface area contributed by atoms with Crippen molar-refractivity contribution in [1.82, 2.24) is 9.78 Å². The highest BCUT2D eigenvalue weighted by Crippen LogP contribution is 2.28. The van der Waals surface area contributed by atoms with Crippen LogP contribution in [0.5, 0.6) is 5.75 Å². The first kappa shape index (κ1) is 16.2. The number of anilines is 2. The maximum Gasteiger partial charge on any atom is 0.221 e. The molecular formula is C15H19ClN4O2. The SMILES string of the molecule is COc1cc(NCc2c(C)nn(C)c2Cl)ccc1NC(C)=O. The summed E-state index contributed by atoms with van der Waals surface area (Å²) in [5, 5.41) is 10.9. The molecule has 0 unspecified atom stereocenters. The Labute approximate surface area is 134 Å². The van der Waals surface area contributed by atoms with E-state index in [9.17, 15) is 4.79 Å². The molecule has 22 heavy (non-hydrogen) atoms. The lowest BCUT2D eigenvalue weighted by Crippen LogP contribution is -2.07. The summed E-state index contributed by atoms with van der Waals surface area (Å²) < 4.78 is 6.94. The maximum atomic E-state index is 11.1. The molecule has 7 heteroatoms. The second-order valence-corrected chi connectivity index (χ2v) is 5.29. The first-order valence-corrected chi connectivity index (χ1v) is 7.17. The molecule has 1 aromatic carbocycles. The van der Waals surface area contributed by atoms with Crippen molar-refractivity contribution in [2.45, 2.75) is 20.4 Å². The summed E-state index contributed by atoms with van der Waals surface area (Å²) in [6.07, 6.45) is 0. The van der Waals surface area contributed by atoms with Gasteiger partial charge in [0, 0.05) is 37.8 Å². The number of amides is 1. The largest absolute Gasteiger partial charge is 0.494 e. The topological polar surface area (TPSA) is 68.2 Å². The standard InChI is InChI=1S/C15H19ClN4O2/c1-9-12(15(16)20(3)19-9)8-17-11-5-6-13(18-10(2)21)14(7-11)22-4/h5-7,17H,8H2,1-4H3,(H,18,21). The van der Waals surface area contributed by atoms with Crippen molar-refractivity contribution in [2.24, 2.45) is 7.05 Å². The van der Waals surface area contributed by atoms with E-state index in [0.717, 1.165) is 16.9 Å². The second-order valence-electron chi connectivity index (χ2n) is 4.93. The molecule has 0 saturated carbocycles. The fourth-order valence-electron chi connectivity index (χ4n) is 2.16. The molecule has 0 bridgehead atoms. The molecule has 0 atom stereocenters. The molecule has 1 aromatic heterocycles. The van der Waals surface area contributed by atoms with Gasteiger partial charge in [-0.1, -0.05) is 11.6 Å². The fourth-order valence-corrected chi connectivity index (χ4v) is 2.40. The first-order chi connectivity index (χ1) is 10.4. The van der Waals surface area contributed by atoms with Gasteiger partial charge in [-0.25, -0.2) is 0 Å². The van der Waals surface area contributed by atoms with Gasteiger partial charge in [-0.3, -0.25) is 9.48 Å². The van der Waals surface area contributed by atoms with Gasteiger partial charge in [-0.15, -0.1) is 0 Å². The highest BCUT2D eigenvalue weighted by molar-refractivity contribution is 6.30. The number of carbonyl (C=O) groups is 1. The Bertz CT molecular complexity index is 697. The van der Waals surface area contributed by atoms with Crippen molar-refractivity contribution in [3.05, 3.63) is 34.6 Å². The molecule has 0 fully saturated rings. The summed E-state index contributed by atoms with van der Waals surface area (Å²) in [6.45, 7) is 3.93. The normalized spacial score (nSPS) is 10.4. The Balaban J connectivity index is 2.15. The monoisotopic (exact) mass is 322 g/mol. The molecular weight excluding hydrogens is 304 g/mol. The van der Waals surface area contributed by atoms with E-state index in [4.69, 9.17) is 16.3 Å². The van der Waals surface area contributed by atoms with E-state index in [0.29, 0.717) is 23.1 Å². The Kier molecular flexibility index (Phi) is 4.92. The summed E-state index contributed by atoms with van der Waals surface area (Å²) in [6, 6.07) is 5.48. The molecule has 1 amide bonds. The number of aromatic nitrogens is 2. The zero-order valence-corrected chi connectivity index (χ0v) is 13.8. The second kappa shape index (κ2) is 6.70. The Morgan fingerprint density at radius 3 is 2.73 bits per heavy atom. The molecule has 6 nitrogen and oxygen atoms in total. The molecule has 1 heterocycles.